The molecule has 0 aliphatic carbocycles. The van der Waals surface area contributed by atoms with Gasteiger partial charge in [-0.3, -0.25) is 14.4 Å². The molecule has 1 aromatic rings. The minimum Gasteiger partial charge on any atom is -0.338 e. The first kappa shape index (κ1) is 15.8. The number of rotatable bonds is 4. The van der Waals surface area contributed by atoms with E-state index >= 15 is 0 Å². The van der Waals surface area contributed by atoms with E-state index < -0.39 is 0 Å². The minimum absolute atomic E-state index is 0.0689. The van der Waals surface area contributed by atoms with E-state index in [-0.39, 0.29) is 17.7 Å². The highest BCUT2D eigenvalue weighted by atomic mass is 35.5. The Balaban J connectivity index is 1.98. The number of hydroxylamine groups is 1. The molecule has 0 aromatic heterocycles. The van der Waals surface area contributed by atoms with E-state index in [4.69, 9.17) is 16.4 Å². The Bertz CT molecular complexity index is 504. The lowest BCUT2D eigenvalue weighted by Crippen LogP contribution is -2.45. The standard InChI is InChI=1S/C15H19ClN2O3/c1-2-21-17-14(19)12-4-3-9-18(10-12)15(20)11-5-7-13(16)8-6-11/h5-8,12H,2-4,9-10H2,1H3,(H,17,19)/t12-/m0/s1. The van der Waals surface area contributed by atoms with Crippen LogP contribution in [0.25, 0.3) is 0 Å². The van der Waals surface area contributed by atoms with Gasteiger partial charge < -0.3 is 4.90 Å². The number of likely N-dealkylation sites (tertiary alicyclic amines) is 1. The largest absolute Gasteiger partial charge is 0.338 e. The molecule has 6 heteroatoms. The van der Waals surface area contributed by atoms with Gasteiger partial charge in [0.2, 0.25) is 5.91 Å². The molecule has 2 rings (SSSR count). The molecule has 5 nitrogen and oxygen atoms in total. The fourth-order valence-corrected chi connectivity index (χ4v) is 2.50. The van der Waals surface area contributed by atoms with Crippen molar-refractivity contribution in [1.82, 2.24) is 10.4 Å². The van der Waals surface area contributed by atoms with Crippen molar-refractivity contribution in [3.63, 3.8) is 0 Å². The lowest BCUT2D eigenvalue weighted by atomic mass is 9.97. The van der Waals surface area contributed by atoms with Crippen molar-refractivity contribution in [2.24, 2.45) is 5.92 Å². The fraction of sp³-hybridized carbons (Fsp3) is 0.467. The predicted octanol–water partition coefficient (Wildman–Crippen LogP) is 2.26. The summed E-state index contributed by atoms with van der Waals surface area (Å²) in [7, 11) is 0. The summed E-state index contributed by atoms with van der Waals surface area (Å²) < 4.78 is 0. The van der Waals surface area contributed by atoms with Crippen molar-refractivity contribution >= 4 is 23.4 Å². The molecule has 21 heavy (non-hydrogen) atoms. The molecule has 1 atom stereocenters. The zero-order chi connectivity index (χ0) is 15.2. The maximum Gasteiger partial charge on any atom is 0.253 e. The number of hydrogen-bond donors (Lipinski definition) is 1. The first-order valence-corrected chi connectivity index (χ1v) is 7.46. The van der Waals surface area contributed by atoms with Gasteiger partial charge in [0.15, 0.2) is 0 Å². The molecular formula is C15H19ClN2O3. The van der Waals surface area contributed by atoms with Gasteiger partial charge >= 0.3 is 0 Å². The van der Waals surface area contributed by atoms with Crippen molar-refractivity contribution in [2.75, 3.05) is 19.7 Å². The monoisotopic (exact) mass is 310 g/mol. The summed E-state index contributed by atoms with van der Waals surface area (Å²) in [6, 6.07) is 6.79. The first-order valence-electron chi connectivity index (χ1n) is 7.08. The zero-order valence-electron chi connectivity index (χ0n) is 12.0. The highest BCUT2D eigenvalue weighted by Gasteiger charge is 2.29. The Morgan fingerprint density at radius 2 is 2.10 bits per heavy atom. The van der Waals surface area contributed by atoms with E-state index in [1.807, 2.05) is 0 Å². The van der Waals surface area contributed by atoms with Gasteiger partial charge in [-0.15, -0.1) is 0 Å². The average Bonchev–Trinajstić information content (AvgIpc) is 2.52. The molecule has 2 amide bonds. The van der Waals surface area contributed by atoms with Crippen molar-refractivity contribution in [3.05, 3.63) is 34.9 Å². The van der Waals surface area contributed by atoms with E-state index in [2.05, 4.69) is 5.48 Å². The third-order valence-corrected chi connectivity index (χ3v) is 3.74. The Hall–Kier alpha value is -1.59. The molecule has 1 aliphatic rings. The van der Waals surface area contributed by atoms with Gasteiger partial charge in [0, 0.05) is 23.7 Å². The molecule has 1 fully saturated rings. The number of nitrogens with zero attached hydrogens (tertiary/aromatic N) is 1. The summed E-state index contributed by atoms with van der Waals surface area (Å²) in [4.78, 5) is 31.0. The van der Waals surface area contributed by atoms with Crippen LogP contribution in [0.1, 0.15) is 30.1 Å². The van der Waals surface area contributed by atoms with Crippen LogP contribution >= 0.6 is 11.6 Å². The van der Waals surface area contributed by atoms with Crippen LogP contribution in [0, 0.1) is 5.92 Å². The normalized spacial score (nSPS) is 18.4. The first-order chi connectivity index (χ1) is 10.1. The Morgan fingerprint density at radius 3 is 2.76 bits per heavy atom. The molecule has 0 unspecified atom stereocenters. The summed E-state index contributed by atoms with van der Waals surface area (Å²) in [5.41, 5.74) is 3.00. The lowest BCUT2D eigenvalue weighted by Gasteiger charge is -2.32. The third-order valence-electron chi connectivity index (χ3n) is 3.49. The molecule has 1 saturated heterocycles. The summed E-state index contributed by atoms with van der Waals surface area (Å²) in [6.45, 7) is 3.31. The van der Waals surface area contributed by atoms with Gasteiger partial charge in [-0.05, 0) is 44.0 Å². The molecule has 1 aliphatic heterocycles. The van der Waals surface area contributed by atoms with E-state index in [9.17, 15) is 9.59 Å². The third kappa shape index (κ3) is 4.19. The zero-order valence-corrected chi connectivity index (χ0v) is 12.7. The maximum absolute atomic E-state index is 12.4. The van der Waals surface area contributed by atoms with Crippen LogP contribution in [-0.4, -0.2) is 36.4 Å². The van der Waals surface area contributed by atoms with Crippen LogP contribution in [0.15, 0.2) is 24.3 Å². The summed E-state index contributed by atoms with van der Waals surface area (Å²) >= 11 is 5.82. The highest BCUT2D eigenvalue weighted by Crippen LogP contribution is 2.19. The molecule has 0 bridgehead atoms. The molecule has 1 heterocycles. The number of hydrogen-bond acceptors (Lipinski definition) is 3. The van der Waals surface area contributed by atoms with Crippen LogP contribution < -0.4 is 5.48 Å². The van der Waals surface area contributed by atoms with Gasteiger partial charge in [-0.1, -0.05) is 11.6 Å². The topological polar surface area (TPSA) is 58.6 Å². The van der Waals surface area contributed by atoms with Crippen LogP contribution in [0.2, 0.25) is 5.02 Å². The van der Waals surface area contributed by atoms with Crippen molar-refractivity contribution in [1.29, 1.82) is 0 Å². The second-order valence-electron chi connectivity index (χ2n) is 5.00. The summed E-state index contributed by atoms with van der Waals surface area (Å²) in [5.74, 6) is -0.451. The number of carbonyl (C=O) groups is 2. The SMILES string of the molecule is CCONC(=O)[C@H]1CCCN(C(=O)c2ccc(Cl)cc2)C1. The number of halogens is 1. The van der Waals surface area contributed by atoms with Crippen LogP contribution in [-0.2, 0) is 9.63 Å². The Labute approximate surface area is 129 Å². The van der Waals surface area contributed by atoms with Gasteiger partial charge in [0.1, 0.15) is 0 Å². The number of amides is 2. The highest BCUT2D eigenvalue weighted by molar-refractivity contribution is 6.30. The Morgan fingerprint density at radius 1 is 1.38 bits per heavy atom. The van der Waals surface area contributed by atoms with Crippen LogP contribution in [0.4, 0.5) is 0 Å². The lowest BCUT2D eigenvalue weighted by molar-refractivity contribution is -0.138. The van der Waals surface area contributed by atoms with Crippen molar-refractivity contribution < 1.29 is 14.4 Å². The Kier molecular flexibility index (Phi) is 5.59. The minimum atomic E-state index is -0.221. The molecule has 1 aromatic carbocycles. The molecule has 0 saturated carbocycles. The summed E-state index contributed by atoms with van der Waals surface area (Å²) in [5, 5.41) is 0.596. The van der Waals surface area contributed by atoms with E-state index in [1.165, 1.54) is 0 Å². The second kappa shape index (κ2) is 7.43. The van der Waals surface area contributed by atoms with Crippen molar-refractivity contribution in [3.8, 4) is 0 Å². The van der Waals surface area contributed by atoms with Gasteiger partial charge in [0.25, 0.3) is 5.91 Å². The smallest absolute Gasteiger partial charge is 0.253 e. The van der Waals surface area contributed by atoms with Crippen LogP contribution in [0.5, 0.6) is 0 Å². The maximum atomic E-state index is 12.4. The second-order valence-corrected chi connectivity index (χ2v) is 5.43. The number of benzene rings is 1. The van der Waals surface area contributed by atoms with E-state index in [1.54, 1.807) is 36.1 Å². The molecular weight excluding hydrogens is 292 g/mol. The molecule has 0 radical (unpaired) electrons. The predicted molar refractivity (Wildman–Crippen MR) is 79.8 cm³/mol. The molecule has 114 valence electrons. The quantitative estimate of drug-likeness (QED) is 0.868. The van der Waals surface area contributed by atoms with Gasteiger partial charge in [-0.2, -0.15) is 0 Å². The number of piperidine rings is 1. The molecule has 0 spiro atoms. The number of nitrogens with one attached hydrogen (secondary N) is 1. The molecule has 1 N–H and O–H groups in total. The van der Waals surface area contributed by atoms with Crippen molar-refractivity contribution in [2.45, 2.75) is 19.8 Å². The van der Waals surface area contributed by atoms with Gasteiger partial charge in [0.05, 0.1) is 12.5 Å². The summed E-state index contributed by atoms with van der Waals surface area (Å²) in [6.07, 6.45) is 1.58. The van der Waals surface area contributed by atoms with Crippen LogP contribution in [0.3, 0.4) is 0 Å². The van der Waals surface area contributed by atoms with Gasteiger partial charge in [-0.25, -0.2) is 5.48 Å². The van der Waals surface area contributed by atoms with E-state index in [0.717, 1.165) is 12.8 Å². The fourth-order valence-electron chi connectivity index (χ4n) is 2.38. The van der Waals surface area contributed by atoms with E-state index in [0.29, 0.717) is 30.3 Å². The average molecular weight is 311 g/mol. The number of carbonyl (C=O) groups excluding carboxylic acids is 2.